The number of carbonyl (C=O) groups is 1. The zero-order valence-corrected chi connectivity index (χ0v) is 14.1. The Bertz CT molecular complexity index is 690. The SMILES string of the molecule is Cc1csc(C(=O)N(C)C[C@@]2(O)CCN(c3cnccn3)C2)c1. The molecule has 0 aliphatic carbocycles. The first-order valence-electron chi connectivity index (χ1n) is 7.51. The Morgan fingerprint density at radius 2 is 2.35 bits per heavy atom. The number of likely N-dealkylation sites (N-methyl/N-ethyl adjacent to an activating group) is 1. The van der Waals surface area contributed by atoms with E-state index in [0.29, 0.717) is 30.9 Å². The van der Waals surface area contributed by atoms with E-state index in [1.54, 1.807) is 30.5 Å². The first-order chi connectivity index (χ1) is 11.0. The third-order valence-electron chi connectivity index (χ3n) is 4.03. The Morgan fingerprint density at radius 3 is 3.00 bits per heavy atom. The molecule has 23 heavy (non-hydrogen) atoms. The van der Waals surface area contributed by atoms with E-state index in [4.69, 9.17) is 0 Å². The number of β-amino-alcohol motifs (C(OH)–C–C–N with tert-alkyl or cyclic N) is 1. The molecular weight excluding hydrogens is 312 g/mol. The minimum atomic E-state index is -0.922. The maximum Gasteiger partial charge on any atom is 0.263 e. The molecule has 3 rings (SSSR count). The van der Waals surface area contributed by atoms with Crippen LogP contribution in [0.1, 0.15) is 21.7 Å². The van der Waals surface area contributed by atoms with Crippen molar-refractivity contribution in [3.8, 4) is 0 Å². The van der Waals surface area contributed by atoms with E-state index in [0.717, 1.165) is 11.4 Å². The van der Waals surface area contributed by atoms with Crippen LogP contribution in [0.15, 0.2) is 30.0 Å². The monoisotopic (exact) mass is 332 g/mol. The van der Waals surface area contributed by atoms with Gasteiger partial charge in [0.2, 0.25) is 0 Å². The van der Waals surface area contributed by atoms with Gasteiger partial charge in [0, 0.05) is 32.5 Å². The number of hydrogen-bond acceptors (Lipinski definition) is 6. The summed E-state index contributed by atoms with van der Waals surface area (Å²) in [5.74, 6) is 0.709. The smallest absolute Gasteiger partial charge is 0.263 e. The number of thiophene rings is 1. The van der Waals surface area contributed by atoms with Crippen LogP contribution in [0.3, 0.4) is 0 Å². The van der Waals surface area contributed by atoms with Crippen LogP contribution in [0, 0.1) is 6.92 Å². The summed E-state index contributed by atoms with van der Waals surface area (Å²) < 4.78 is 0. The lowest BCUT2D eigenvalue weighted by Gasteiger charge is -2.28. The van der Waals surface area contributed by atoms with Crippen LogP contribution in [0.5, 0.6) is 0 Å². The fourth-order valence-electron chi connectivity index (χ4n) is 2.88. The Kier molecular flexibility index (Phi) is 4.32. The lowest BCUT2D eigenvalue weighted by atomic mass is 10.0. The predicted octanol–water partition coefficient (Wildman–Crippen LogP) is 1.56. The number of aliphatic hydroxyl groups is 1. The summed E-state index contributed by atoms with van der Waals surface area (Å²) >= 11 is 1.44. The molecule has 122 valence electrons. The van der Waals surface area contributed by atoms with Crippen LogP contribution in [0.4, 0.5) is 5.82 Å². The van der Waals surface area contributed by atoms with Gasteiger partial charge in [-0.3, -0.25) is 9.78 Å². The van der Waals surface area contributed by atoms with Gasteiger partial charge in [-0.2, -0.15) is 0 Å². The minimum absolute atomic E-state index is 0.0468. The van der Waals surface area contributed by atoms with Gasteiger partial charge < -0.3 is 14.9 Å². The third-order valence-corrected chi connectivity index (χ3v) is 5.06. The number of anilines is 1. The fraction of sp³-hybridized carbons (Fsp3) is 0.438. The van der Waals surface area contributed by atoms with Gasteiger partial charge in [-0.1, -0.05) is 0 Å². The molecule has 3 heterocycles. The molecule has 1 atom stereocenters. The van der Waals surface area contributed by atoms with Gasteiger partial charge in [0.1, 0.15) is 11.4 Å². The molecule has 2 aromatic heterocycles. The van der Waals surface area contributed by atoms with E-state index >= 15 is 0 Å². The second-order valence-electron chi connectivity index (χ2n) is 6.11. The highest BCUT2D eigenvalue weighted by Gasteiger charge is 2.38. The summed E-state index contributed by atoms with van der Waals surface area (Å²) in [5, 5.41) is 12.8. The van der Waals surface area contributed by atoms with Crippen LogP contribution in [-0.2, 0) is 0 Å². The van der Waals surface area contributed by atoms with Gasteiger partial charge in [-0.05, 0) is 30.4 Å². The molecule has 0 spiro atoms. The van der Waals surface area contributed by atoms with Crippen molar-refractivity contribution in [3.63, 3.8) is 0 Å². The first kappa shape index (κ1) is 15.9. The number of nitrogens with zero attached hydrogens (tertiary/aromatic N) is 4. The number of aryl methyl sites for hydroxylation is 1. The van der Waals surface area contributed by atoms with Crippen LogP contribution in [0.25, 0.3) is 0 Å². The van der Waals surface area contributed by atoms with E-state index in [1.165, 1.54) is 11.3 Å². The molecule has 7 heteroatoms. The number of aromatic nitrogens is 2. The maximum atomic E-state index is 12.4. The average Bonchev–Trinajstić information content (AvgIpc) is 3.14. The Labute approximate surface area is 139 Å². The highest BCUT2D eigenvalue weighted by Crippen LogP contribution is 2.26. The highest BCUT2D eigenvalue weighted by molar-refractivity contribution is 7.12. The van der Waals surface area contributed by atoms with Gasteiger partial charge in [0.15, 0.2) is 0 Å². The number of amides is 1. The zero-order chi connectivity index (χ0) is 16.4. The van der Waals surface area contributed by atoms with Crippen LogP contribution in [-0.4, -0.2) is 58.2 Å². The van der Waals surface area contributed by atoms with Crippen LogP contribution in [0.2, 0.25) is 0 Å². The normalized spacial score (nSPS) is 20.7. The molecule has 1 N–H and O–H groups in total. The van der Waals surface area contributed by atoms with E-state index in [2.05, 4.69) is 9.97 Å². The summed E-state index contributed by atoms with van der Waals surface area (Å²) in [6, 6.07) is 1.88. The van der Waals surface area contributed by atoms with Crippen molar-refractivity contribution in [1.29, 1.82) is 0 Å². The van der Waals surface area contributed by atoms with Crippen molar-refractivity contribution < 1.29 is 9.90 Å². The van der Waals surface area contributed by atoms with Crippen LogP contribution >= 0.6 is 11.3 Å². The third kappa shape index (κ3) is 3.51. The van der Waals surface area contributed by atoms with Crippen molar-refractivity contribution in [2.75, 3.05) is 31.6 Å². The van der Waals surface area contributed by atoms with Crippen molar-refractivity contribution >= 4 is 23.1 Å². The molecule has 1 fully saturated rings. The molecule has 0 aromatic carbocycles. The largest absolute Gasteiger partial charge is 0.386 e. The Balaban J connectivity index is 1.64. The van der Waals surface area contributed by atoms with Crippen molar-refractivity contribution in [1.82, 2.24) is 14.9 Å². The average molecular weight is 332 g/mol. The predicted molar refractivity (Wildman–Crippen MR) is 89.8 cm³/mol. The minimum Gasteiger partial charge on any atom is -0.386 e. The molecule has 1 aliphatic heterocycles. The summed E-state index contributed by atoms with van der Waals surface area (Å²) in [6.07, 6.45) is 5.56. The molecule has 1 amide bonds. The van der Waals surface area contributed by atoms with Gasteiger partial charge in [0.05, 0.1) is 17.6 Å². The summed E-state index contributed by atoms with van der Waals surface area (Å²) in [5.41, 5.74) is 0.161. The lowest BCUT2D eigenvalue weighted by Crippen LogP contribution is -2.45. The molecule has 6 nitrogen and oxygen atoms in total. The number of rotatable bonds is 4. The van der Waals surface area contributed by atoms with E-state index in [-0.39, 0.29) is 5.91 Å². The molecule has 0 saturated carbocycles. The van der Waals surface area contributed by atoms with Crippen molar-refractivity contribution in [2.45, 2.75) is 18.9 Å². The maximum absolute atomic E-state index is 12.4. The topological polar surface area (TPSA) is 69.6 Å². The molecule has 2 aromatic rings. The highest BCUT2D eigenvalue weighted by atomic mass is 32.1. The summed E-state index contributed by atoms with van der Waals surface area (Å²) in [4.78, 5) is 25.1. The van der Waals surface area contributed by atoms with Crippen molar-refractivity contribution in [2.24, 2.45) is 0 Å². The molecule has 0 unspecified atom stereocenters. The van der Waals surface area contributed by atoms with Gasteiger partial charge in [-0.15, -0.1) is 11.3 Å². The first-order valence-corrected chi connectivity index (χ1v) is 8.39. The molecule has 1 saturated heterocycles. The van der Waals surface area contributed by atoms with E-state index in [9.17, 15) is 9.90 Å². The van der Waals surface area contributed by atoms with E-state index in [1.807, 2.05) is 23.3 Å². The fourth-order valence-corrected chi connectivity index (χ4v) is 3.77. The number of hydrogen-bond donors (Lipinski definition) is 1. The van der Waals surface area contributed by atoms with Gasteiger partial charge in [0.25, 0.3) is 5.91 Å². The molecule has 1 aliphatic rings. The standard InChI is InChI=1S/C16H20N4O2S/c1-12-7-13(23-9-12)15(21)19(2)10-16(22)3-6-20(11-16)14-8-17-4-5-18-14/h4-5,7-9,22H,3,6,10-11H2,1-2H3/t16-/m0/s1. The molecule has 0 radical (unpaired) electrons. The summed E-state index contributed by atoms with van der Waals surface area (Å²) in [7, 11) is 1.74. The summed E-state index contributed by atoms with van der Waals surface area (Å²) in [6.45, 7) is 3.43. The zero-order valence-electron chi connectivity index (χ0n) is 13.3. The Morgan fingerprint density at radius 1 is 1.52 bits per heavy atom. The second-order valence-corrected chi connectivity index (χ2v) is 7.02. The lowest BCUT2D eigenvalue weighted by molar-refractivity contribution is 0.0266. The van der Waals surface area contributed by atoms with E-state index < -0.39 is 5.60 Å². The van der Waals surface area contributed by atoms with Crippen molar-refractivity contribution in [3.05, 3.63) is 40.5 Å². The molecular formula is C16H20N4O2S. The number of carbonyl (C=O) groups excluding carboxylic acids is 1. The molecule has 0 bridgehead atoms. The second kappa shape index (κ2) is 6.25. The Hall–Kier alpha value is -1.99. The van der Waals surface area contributed by atoms with Gasteiger partial charge in [-0.25, -0.2) is 4.98 Å². The quantitative estimate of drug-likeness (QED) is 0.920. The van der Waals surface area contributed by atoms with Crippen LogP contribution < -0.4 is 4.90 Å². The van der Waals surface area contributed by atoms with Gasteiger partial charge >= 0.3 is 0 Å².